The maximum absolute atomic E-state index is 12.1. The Kier molecular flexibility index (Phi) is 2.86. The van der Waals surface area contributed by atoms with E-state index in [1.54, 1.807) is 0 Å². The molecule has 0 aromatic carbocycles. The molecule has 16 heavy (non-hydrogen) atoms. The van der Waals surface area contributed by atoms with E-state index in [0.29, 0.717) is 12.8 Å². The van der Waals surface area contributed by atoms with Crippen molar-refractivity contribution >= 4 is 16.3 Å². The molecule has 0 N–H and O–H groups in total. The molecule has 1 saturated heterocycles. The van der Waals surface area contributed by atoms with Crippen molar-refractivity contribution in [2.24, 2.45) is 0 Å². The molecule has 6 heteroatoms. The Labute approximate surface area is 94.1 Å². The van der Waals surface area contributed by atoms with Crippen molar-refractivity contribution in [2.75, 3.05) is 6.54 Å². The lowest BCUT2D eigenvalue weighted by Crippen LogP contribution is -2.33. The van der Waals surface area contributed by atoms with E-state index in [0.717, 1.165) is 12.8 Å². The molecule has 1 atom stereocenters. The first-order chi connectivity index (χ1) is 7.55. The Balaban J connectivity index is 2.34. The largest absolute Gasteiger partial charge is 0.440 e. The van der Waals surface area contributed by atoms with Gasteiger partial charge in [0.15, 0.2) is 12.0 Å². The molecule has 0 amide bonds. The van der Waals surface area contributed by atoms with E-state index < -0.39 is 10.0 Å². The van der Waals surface area contributed by atoms with Crippen molar-refractivity contribution in [3.05, 3.63) is 17.9 Å². The minimum absolute atomic E-state index is 0.00483. The van der Waals surface area contributed by atoms with E-state index in [1.165, 1.54) is 16.4 Å². The van der Waals surface area contributed by atoms with Crippen LogP contribution in [0.1, 0.15) is 30.3 Å². The summed E-state index contributed by atoms with van der Waals surface area (Å²) in [6, 6.07) is 2.68. The number of hydrogen-bond acceptors (Lipinski definition) is 4. The van der Waals surface area contributed by atoms with Crippen molar-refractivity contribution in [3.8, 4) is 0 Å². The molecule has 5 nitrogen and oxygen atoms in total. The highest BCUT2D eigenvalue weighted by molar-refractivity contribution is 7.89. The van der Waals surface area contributed by atoms with Gasteiger partial charge >= 0.3 is 0 Å². The first kappa shape index (κ1) is 11.3. The Bertz CT molecular complexity index is 491. The number of nitrogens with zero attached hydrogens (tertiary/aromatic N) is 1. The van der Waals surface area contributed by atoms with E-state index >= 15 is 0 Å². The molecule has 2 rings (SSSR count). The van der Waals surface area contributed by atoms with Crippen LogP contribution in [0.5, 0.6) is 0 Å². The number of rotatable bonds is 3. The summed E-state index contributed by atoms with van der Waals surface area (Å²) in [5.74, 6) is 0.0328. The average molecular weight is 243 g/mol. The standard InChI is InChI=1S/C10H13NO4S/c1-8-3-2-6-11(8)16(13,14)10-5-4-9(7-12)15-10/h4-5,7-8H,2-3,6H2,1H3. The molecule has 1 aliphatic rings. The van der Waals surface area contributed by atoms with Crippen molar-refractivity contribution in [2.45, 2.75) is 30.9 Å². The van der Waals surface area contributed by atoms with Crippen molar-refractivity contribution < 1.29 is 17.6 Å². The summed E-state index contributed by atoms with van der Waals surface area (Å²) in [5.41, 5.74) is 0. The number of hydrogen-bond donors (Lipinski definition) is 0. The zero-order valence-corrected chi connectivity index (χ0v) is 9.74. The molecule has 0 aliphatic carbocycles. The summed E-state index contributed by atoms with van der Waals surface area (Å²) in [7, 11) is -3.57. The smallest absolute Gasteiger partial charge is 0.276 e. The third kappa shape index (κ3) is 1.78. The van der Waals surface area contributed by atoms with Crippen LogP contribution in [0.2, 0.25) is 0 Å². The average Bonchev–Trinajstić information content (AvgIpc) is 2.85. The molecule has 0 radical (unpaired) electrons. The lowest BCUT2D eigenvalue weighted by molar-refractivity contribution is 0.109. The Morgan fingerprint density at radius 1 is 1.50 bits per heavy atom. The minimum atomic E-state index is -3.57. The second-order valence-electron chi connectivity index (χ2n) is 3.88. The fraction of sp³-hybridized carbons (Fsp3) is 0.500. The lowest BCUT2D eigenvalue weighted by Gasteiger charge is -2.18. The normalized spacial score (nSPS) is 22.4. The van der Waals surface area contributed by atoms with Gasteiger partial charge in [-0.3, -0.25) is 4.79 Å². The number of sulfonamides is 1. The molecule has 1 aromatic rings. The zero-order chi connectivity index (χ0) is 11.8. The fourth-order valence-electron chi connectivity index (χ4n) is 1.92. The highest BCUT2D eigenvalue weighted by atomic mass is 32.2. The maximum atomic E-state index is 12.1. The molecule has 1 unspecified atom stereocenters. The minimum Gasteiger partial charge on any atom is -0.440 e. The number of aldehydes is 1. The molecule has 0 bridgehead atoms. The predicted octanol–water partition coefficient (Wildman–Crippen LogP) is 1.27. The van der Waals surface area contributed by atoms with Crippen LogP contribution < -0.4 is 0 Å². The van der Waals surface area contributed by atoms with E-state index in [4.69, 9.17) is 4.42 Å². The number of carbonyl (C=O) groups is 1. The third-order valence-electron chi connectivity index (χ3n) is 2.77. The van der Waals surface area contributed by atoms with Gasteiger partial charge < -0.3 is 4.42 Å². The highest BCUT2D eigenvalue weighted by Gasteiger charge is 2.34. The van der Waals surface area contributed by atoms with E-state index in [9.17, 15) is 13.2 Å². The SMILES string of the molecule is CC1CCCN1S(=O)(=O)c1ccc(C=O)o1. The molecule has 1 fully saturated rings. The van der Waals surface area contributed by atoms with Gasteiger partial charge in [0.1, 0.15) is 0 Å². The molecule has 88 valence electrons. The van der Waals surface area contributed by atoms with Gasteiger partial charge in [-0.15, -0.1) is 0 Å². The quantitative estimate of drug-likeness (QED) is 0.750. The Morgan fingerprint density at radius 2 is 2.25 bits per heavy atom. The molecular weight excluding hydrogens is 230 g/mol. The van der Waals surface area contributed by atoms with Gasteiger partial charge in [-0.05, 0) is 31.9 Å². The van der Waals surface area contributed by atoms with Gasteiger partial charge in [0.05, 0.1) is 0 Å². The molecular formula is C10H13NO4S. The van der Waals surface area contributed by atoms with Gasteiger partial charge in [-0.1, -0.05) is 0 Å². The van der Waals surface area contributed by atoms with E-state index in [-0.39, 0.29) is 16.9 Å². The van der Waals surface area contributed by atoms with Gasteiger partial charge in [0.2, 0.25) is 5.09 Å². The Hall–Kier alpha value is -1.14. The molecule has 1 aliphatic heterocycles. The first-order valence-electron chi connectivity index (χ1n) is 5.12. The van der Waals surface area contributed by atoms with Crippen LogP contribution in [0.25, 0.3) is 0 Å². The molecule has 1 aromatic heterocycles. The monoisotopic (exact) mass is 243 g/mol. The van der Waals surface area contributed by atoms with Crippen molar-refractivity contribution in [3.63, 3.8) is 0 Å². The first-order valence-corrected chi connectivity index (χ1v) is 6.56. The van der Waals surface area contributed by atoms with Crippen molar-refractivity contribution in [1.82, 2.24) is 4.31 Å². The number of carbonyl (C=O) groups excluding carboxylic acids is 1. The summed E-state index contributed by atoms with van der Waals surface area (Å²) in [6.07, 6.45) is 2.22. The van der Waals surface area contributed by atoms with Crippen LogP contribution in [0, 0.1) is 0 Å². The summed E-state index contributed by atoms with van der Waals surface area (Å²) in [4.78, 5) is 10.4. The topological polar surface area (TPSA) is 67.6 Å². The number of furan rings is 1. The molecule has 0 spiro atoms. The Morgan fingerprint density at radius 3 is 2.75 bits per heavy atom. The highest BCUT2D eigenvalue weighted by Crippen LogP contribution is 2.26. The van der Waals surface area contributed by atoms with Gasteiger partial charge in [-0.2, -0.15) is 4.31 Å². The summed E-state index contributed by atoms with van der Waals surface area (Å²) >= 11 is 0. The van der Waals surface area contributed by atoms with Crippen LogP contribution in [-0.4, -0.2) is 31.6 Å². The van der Waals surface area contributed by atoms with E-state index in [2.05, 4.69) is 0 Å². The van der Waals surface area contributed by atoms with Gasteiger partial charge in [-0.25, -0.2) is 8.42 Å². The fourth-order valence-corrected chi connectivity index (χ4v) is 3.54. The van der Waals surface area contributed by atoms with Gasteiger partial charge in [0, 0.05) is 12.6 Å². The second kappa shape index (κ2) is 4.03. The van der Waals surface area contributed by atoms with Crippen molar-refractivity contribution in [1.29, 1.82) is 0 Å². The van der Waals surface area contributed by atoms with E-state index in [1.807, 2.05) is 6.92 Å². The van der Waals surface area contributed by atoms with Crippen LogP contribution in [0.15, 0.2) is 21.6 Å². The van der Waals surface area contributed by atoms with Crippen LogP contribution in [-0.2, 0) is 10.0 Å². The molecule has 2 heterocycles. The zero-order valence-electron chi connectivity index (χ0n) is 8.92. The summed E-state index contributed by atoms with van der Waals surface area (Å²) in [5, 5.41) is -0.150. The van der Waals surface area contributed by atoms with Crippen LogP contribution >= 0.6 is 0 Å². The maximum Gasteiger partial charge on any atom is 0.276 e. The van der Waals surface area contributed by atoms with Crippen LogP contribution in [0.3, 0.4) is 0 Å². The predicted molar refractivity (Wildman–Crippen MR) is 56.7 cm³/mol. The summed E-state index contributed by atoms with van der Waals surface area (Å²) in [6.45, 7) is 2.38. The van der Waals surface area contributed by atoms with Crippen LogP contribution in [0.4, 0.5) is 0 Å². The van der Waals surface area contributed by atoms with Gasteiger partial charge in [0.25, 0.3) is 10.0 Å². The third-order valence-corrected chi connectivity index (χ3v) is 4.66. The summed E-state index contributed by atoms with van der Waals surface area (Å²) < 4.78 is 30.6. The second-order valence-corrected chi connectivity index (χ2v) is 5.70. The lowest BCUT2D eigenvalue weighted by atomic mass is 10.3. The molecule has 0 saturated carbocycles.